The van der Waals surface area contributed by atoms with E-state index in [0.717, 1.165) is 17.9 Å². The second-order valence-electron chi connectivity index (χ2n) is 6.64. The smallest absolute Gasteiger partial charge is 0.256 e. The molecule has 1 amide bonds. The maximum atomic E-state index is 12.3. The van der Waals surface area contributed by atoms with Crippen molar-refractivity contribution in [1.82, 2.24) is 5.43 Å². The van der Waals surface area contributed by atoms with Crippen LogP contribution in [0.5, 0.6) is 5.75 Å². The van der Waals surface area contributed by atoms with Crippen molar-refractivity contribution in [2.45, 2.75) is 58.0 Å². The summed E-state index contributed by atoms with van der Waals surface area (Å²) >= 11 is 0. The van der Waals surface area contributed by atoms with Crippen molar-refractivity contribution in [3.8, 4) is 5.75 Å². The van der Waals surface area contributed by atoms with Crippen molar-refractivity contribution in [3.05, 3.63) is 23.8 Å². The van der Waals surface area contributed by atoms with Gasteiger partial charge in [-0.25, -0.2) is 5.84 Å². The summed E-state index contributed by atoms with van der Waals surface area (Å²) in [5, 5.41) is 0. The van der Waals surface area contributed by atoms with Gasteiger partial charge >= 0.3 is 0 Å². The third-order valence-corrected chi connectivity index (χ3v) is 4.63. The Balaban J connectivity index is 2.59. The third kappa shape index (κ3) is 2.77. The molecule has 3 N–H and O–H groups in total. The minimum Gasteiger partial charge on any atom is -0.497 e. The van der Waals surface area contributed by atoms with Gasteiger partial charge in [0.25, 0.3) is 5.91 Å². The number of rotatable bonds is 4. The van der Waals surface area contributed by atoms with Crippen molar-refractivity contribution in [2.75, 3.05) is 12.0 Å². The third-order valence-electron chi connectivity index (χ3n) is 4.63. The van der Waals surface area contributed by atoms with Gasteiger partial charge in [-0.2, -0.15) is 0 Å². The lowest BCUT2D eigenvalue weighted by Crippen LogP contribution is -2.59. The maximum Gasteiger partial charge on any atom is 0.256 e. The highest BCUT2D eigenvalue weighted by atomic mass is 16.5. The molecule has 22 heavy (non-hydrogen) atoms. The summed E-state index contributed by atoms with van der Waals surface area (Å²) in [6, 6.07) is 5.82. The van der Waals surface area contributed by atoms with E-state index < -0.39 is 0 Å². The number of nitrogens with one attached hydrogen (secondary N) is 1. The van der Waals surface area contributed by atoms with Crippen LogP contribution in [0.15, 0.2) is 18.2 Å². The van der Waals surface area contributed by atoms with Crippen LogP contribution < -0.4 is 20.9 Å². The fourth-order valence-corrected chi connectivity index (χ4v) is 3.73. The van der Waals surface area contributed by atoms with E-state index in [1.165, 1.54) is 5.56 Å². The molecule has 2 rings (SSSR count). The first-order valence-electron chi connectivity index (χ1n) is 7.83. The van der Waals surface area contributed by atoms with Crippen LogP contribution in [0.2, 0.25) is 0 Å². The molecule has 0 spiro atoms. The van der Waals surface area contributed by atoms with E-state index in [9.17, 15) is 4.79 Å². The van der Waals surface area contributed by atoms with Gasteiger partial charge in [0, 0.05) is 17.3 Å². The molecular formula is C17H27N3O2. The molecule has 0 unspecified atom stereocenters. The van der Waals surface area contributed by atoms with Crippen LogP contribution in [-0.2, 0) is 4.79 Å². The normalized spacial score (nSPS) is 21.0. The lowest BCUT2D eigenvalue weighted by atomic mass is 9.78. The van der Waals surface area contributed by atoms with Gasteiger partial charge in [-0.3, -0.25) is 10.2 Å². The molecule has 0 saturated heterocycles. The number of hydrazine groups is 1. The zero-order valence-corrected chi connectivity index (χ0v) is 14.1. The largest absolute Gasteiger partial charge is 0.497 e. The number of ether oxygens (including phenoxy) is 1. The topological polar surface area (TPSA) is 67.6 Å². The Morgan fingerprint density at radius 3 is 2.77 bits per heavy atom. The zero-order chi connectivity index (χ0) is 16.5. The molecule has 0 saturated carbocycles. The van der Waals surface area contributed by atoms with Gasteiger partial charge in [0.2, 0.25) is 0 Å². The fourth-order valence-electron chi connectivity index (χ4n) is 3.73. The van der Waals surface area contributed by atoms with E-state index in [2.05, 4.69) is 37.2 Å². The van der Waals surface area contributed by atoms with Crippen molar-refractivity contribution in [1.29, 1.82) is 0 Å². The summed E-state index contributed by atoms with van der Waals surface area (Å²) in [5.41, 5.74) is 4.50. The van der Waals surface area contributed by atoms with E-state index >= 15 is 0 Å². The van der Waals surface area contributed by atoms with Crippen molar-refractivity contribution >= 4 is 11.6 Å². The van der Waals surface area contributed by atoms with Crippen LogP contribution in [0.25, 0.3) is 0 Å². The molecular weight excluding hydrogens is 278 g/mol. The minimum absolute atomic E-state index is 0.133. The van der Waals surface area contributed by atoms with Crippen LogP contribution in [0.4, 0.5) is 5.69 Å². The number of hydrogen-bond donors (Lipinski definition) is 2. The van der Waals surface area contributed by atoms with E-state index in [0.29, 0.717) is 12.3 Å². The zero-order valence-electron chi connectivity index (χ0n) is 14.1. The number of anilines is 1. The van der Waals surface area contributed by atoms with Gasteiger partial charge in [-0.1, -0.05) is 19.9 Å². The monoisotopic (exact) mass is 305 g/mol. The lowest BCUT2D eigenvalue weighted by molar-refractivity contribution is -0.122. The molecule has 0 aliphatic carbocycles. The molecule has 122 valence electrons. The molecule has 0 radical (unpaired) electrons. The predicted molar refractivity (Wildman–Crippen MR) is 89.0 cm³/mol. The van der Waals surface area contributed by atoms with Crippen LogP contribution >= 0.6 is 0 Å². The number of hydrogen-bond acceptors (Lipinski definition) is 4. The fraction of sp³-hybridized carbons (Fsp3) is 0.588. The lowest BCUT2D eigenvalue weighted by Gasteiger charge is -2.50. The Morgan fingerprint density at radius 1 is 1.55 bits per heavy atom. The molecule has 2 atom stereocenters. The Bertz CT molecular complexity index is 557. The minimum atomic E-state index is -0.293. The van der Waals surface area contributed by atoms with Gasteiger partial charge in [0.1, 0.15) is 11.8 Å². The second-order valence-corrected chi connectivity index (χ2v) is 6.64. The average molecular weight is 305 g/mol. The molecule has 0 bridgehead atoms. The van der Waals surface area contributed by atoms with Crippen LogP contribution in [0.1, 0.15) is 52.0 Å². The number of benzene rings is 1. The van der Waals surface area contributed by atoms with Gasteiger partial charge < -0.3 is 9.64 Å². The summed E-state index contributed by atoms with van der Waals surface area (Å²) < 4.78 is 5.38. The molecule has 0 fully saturated rings. The highest BCUT2D eigenvalue weighted by Gasteiger charge is 2.41. The summed E-state index contributed by atoms with van der Waals surface area (Å²) in [5.74, 6) is 6.48. The number of fused-ring (bicyclic) bond motifs is 1. The number of nitrogens with two attached hydrogens (primary N) is 1. The molecule has 1 aromatic carbocycles. The van der Waals surface area contributed by atoms with Crippen molar-refractivity contribution < 1.29 is 9.53 Å². The molecule has 5 nitrogen and oxygen atoms in total. The molecule has 5 heteroatoms. The maximum absolute atomic E-state index is 12.3. The molecule has 1 aliphatic heterocycles. The van der Waals surface area contributed by atoms with Gasteiger partial charge in [-0.15, -0.1) is 0 Å². The van der Waals surface area contributed by atoms with E-state index in [1.54, 1.807) is 7.11 Å². The Labute approximate surface area is 132 Å². The van der Waals surface area contributed by atoms with Gasteiger partial charge in [-0.05, 0) is 44.2 Å². The van der Waals surface area contributed by atoms with Crippen LogP contribution in [0.3, 0.4) is 0 Å². The Kier molecular flexibility index (Phi) is 4.66. The number of methoxy groups -OCH3 is 1. The molecule has 0 aromatic heterocycles. The second kappa shape index (κ2) is 6.16. The number of carbonyl (C=O) groups is 1. The standard InChI is InChI=1S/C17H27N3O2/c1-6-14(16(21)19-18)20-15-9-12(22-5)7-8-13(15)11(2)10-17(20,3)4/h7-9,11,14H,6,10,18H2,1-5H3,(H,19,21)/t11-,14+/m0/s1. The van der Waals surface area contributed by atoms with Crippen LogP contribution in [-0.4, -0.2) is 24.6 Å². The van der Waals surface area contributed by atoms with Crippen molar-refractivity contribution in [3.63, 3.8) is 0 Å². The summed E-state index contributed by atoms with van der Waals surface area (Å²) in [6.45, 7) is 8.60. The summed E-state index contributed by atoms with van der Waals surface area (Å²) in [6.07, 6.45) is 1.68. The first-order valence-corrected chi connectivity index (χ1v) is 7.83. The number of nitrogens with zero attached hydrogens (tertiary/aromatic N) is 1. The SMILES string of the molecule is CC[C@H](C(=O)NN)N1c2cc(OC)ccc2[C@@H](C)CC1(C)C. The quantitative estimate of drug-likeness (QED) is 0.510. The molecule has 1 heterocycles. The Hall–Kier alpha value is -1.75. The van der Waals surface area contributed by atoms with E-state index in [-0.39, 0.29) is 17.5 Å². The number of amides is 1. The van der Waals surface area contributed by atoms with Gasteiger partial charge in [0.05, 0.1) is 7.11 Å². The van der Waals surface area contributed by atoms with Crippen molar-refractivity contribution in [2.24, 2.45) is 5.84 Å². The average Bonchev–Trinajstić information content (AvgIpc) is 2.49. The predicted octanol–water partition coefficient (Wildman–Crippen LogP) is 2.56. The molecule has 1 aromatic rings. The number of carbonyl (C=O) groups excluding carboxylic acids is 1. The molecule has 1 aliphatic rings. The first kappa shape index (κ1) is 16.6. The highest BCUT2D eigenvalue weighted by molar-refractivity contribution is 5.86. The van der Waals surface area contributed by atoms with Crippen LogP contribution in [0, 0.1) is 0 Å². The van der Waals surface area contributed by atoms with E-state index in [4.69, 9.17) is 10.6 Å². The summed E-state index contributed by atoms with van der Waals surface area (Å²) in [4.78, 5) is 14.5. The Morgan fingerprint density at radius 2 is 2.23 bits per heavy atom. The van der Waals surface area contributed by atoms with Gasteiger partial charge in [0.15, 0.2) is 0 Å². The highest BCUT2D eigenvalue weighted by Crippen LogP contribution is 2.46. The summed E-state index contributed by atoms with van der Waals surface area (Å²) in [7, 11) is 1.66. The van der Waals surface area contributed by atoms with E-state index in [1.807, 2.05) is 19.1 Å². The first-order chi connectivity index (χ1) is 10.4.